The average Bonchev–Trinajstić information content (AvgIpc) is 2.65. The zero-order valence-electron chi connectivity index (χ0n) is 14.5. The van der Waals surface area contributed by atoms with Gasteiger partial charge in [0, 0.05) is 46.5 Å². The number of rotatable bonds is 5. The van der Waals surface area contributed by atoms with Crippen LogP contribution in [0.25, 0.3) is 0 Å². The lowest BCUT2D eigenvalue weighted by molar-refractivity contribution is -0.384. The predicted octanol–water partition coefficient (Wildman–Crippen LogP) is 4.75. The Morgan fingerprint density at radius 3 is 2.63 bits per heavy atom. The van der Waals surface area contributed by atoms with E-state index in [9.17, 15) is 14.9 Å². The molecule has 1 fully saturated rings. The van der Waals surface area contributed by atoms with E-state index in [4.69, 9.17) is 23.2 Å². The molecule has 1 atom stereocenters. The monoisotopic (exact) mass is 407 g/mol. The van der Waals surface area contributed by atoms with Gasteiger partial charge in [-0.15, -0.1) is 0 Å². The van der Waals surface area contributed by atoms with E-state index in [-0.39, 0.29) is 17.5 Å². The fourth-order valence-corrected chi connectivity index (χ4v) is 3.78. The van der Waals surface area contributed by atoms with Gasteiger partial charge in [-0.25, -0.2) is 0 Å². The van der Waals surface area contributed by atoms with Crippen molar-refractivity contribution < 1.29 is 9.72 Å². The number of anilines is 1. The van der Waals surface area contributed by atoms with Gasteiger partial charge in [0.05, 0.1) is 10.8 Å². The van der Waals surface area contributed by atoms with E-state index in [1.807, 2.05) is 0 Å². The van der Waals surface area contributed by atoms with Crippen molar-refractivity contribution in [1.82, 2.24) is 4.90 Å². The van der Waals surface area contributed by atoms with Crippen LogP contribution >= 0.6 is 23.2 Å². The molecule has 1 aliphatic heterocycles. The maximum Gasteiger partial charge on any atom is 0.271 e. The topological polar surface area (TPSA) is 75.5 Å². The Morgan fingerprint density at radius 2 is 1.93 bits per heavy atom. The fraction of sp³-hybridized carbons (Fsp3) is 0.316. The smallest absolute Gasteiger partial charge is 0.271 e. The minimum atomic E-state index is -0.481. The summed E-state index contributed by atoms with van der Waals surface area (Å²) in [6, 6.07) is 11.4. The largest absolute Gasteiger partial charge is 0.326 e. The molecule has 142 valence electrons. The summed E-state index contributed by atoms with van der Waals surface area (Å²) < 4.78 is 0. The lowest BCUT2D eigenvalue weighted by Crippen LogP contribution is -2.40. The van der Waals surface area contributed by atoms with Gasteiger partial charge in [0.15, 0.2) is 0 Å². The van der Waals surface area contributed by atoms with Gasteiger partial charge in [-0.1, -0.05) is 35.3 Å². The van der Waals surface area contributed by atoms with Gasteiger partial charge in [0.1, 0.15) is 0 Å². The number of carbonyl (C=O) groups excluding carboxylic acids is 1. The number of hydrogen-bond donors (Lipinski definition) is 1. The first-order chi connectivity index (χ1) is 12.9. The van der Waals surface area contributed by atoms with Crippen LogP contribution in [0.15, 0.2) is 42.5 Å². The van der Waals surface area contributed by atoms with Crippen LogP contribution in [0, 0.1) is 16.0 Å². The Kier molecular flexibility index (Phi) is 6.31. The molecule has 0 aromatic heterocycles. The van der Waals surface area contributed by atoms with E-state index < -0.39 is 4.92 Å². The first-order valence-corrected chi connectivity index (χ1v) is 9.40. The first-order valence-electron chi connectivity index (χ1n) is 8.64. The molecule has 27 heavy (non-hydrogen) atoms. The Balaban J connectivity index is 1.64. The standard InChI is InChI=1S/C19H19Cl2N3O3/c20-17-7-2-8-18(21)16(17)12-23-9-3-4-13(11-23)19(25)22-14-5-1-6-15(10-14)24(26)27/h1-2,5-8,10,13H,3-4,9,11-12H2,(H,22,25)/t13-/m1/s1. The van der Waals surface area contributed by atoms with Gasteiger partial charge in [0.2, 0.25) is 5.91 Å². The Labute approximate surface area is 167 Å². The van der Waals surface area contributed by atoms with Crippen molar-refractivity contribution in [2.75, 3.05) is 18.4 Å². The van der Waals surface area contributed by atoms with Crippen LogP contribution in [0.4, 0.5) is 11.4 Å². The highest BCUT2D eigenvalue weighted by Gasteiger charge is 2.27. The van der Waals surface area contributed by atoms with Crippen molar-refractivity contribution in [3.05, 3.63) is 68.2 Å². The highest BCUT2D eigenvalue weighted by atomic mass is 35.5. The number of non-ortho nitro benzene ring substituents is 1. The number of nitro groups is 1. The van der Waals surface area contributed by atoms with Gasteiger partial charge >= 0.3 is 0 Å². The number of nitro benzene ring substituents is 1. The highest BCUT2D eigenvalue weighted by molar-refractivity contribution is 6.35. The van der Waals surface area contributed by atoms with Crippen LogP contribution in [0.3, 0.4) is 0 Å². The summed E-state index contributed by atoms with van der Waals surface area (Å²) in [6.45, 7) is 2.03. The van der Waals surface area contributed by atoms with Crippen molar-refractivity contribution in [2.24, 2.45) is 5.92 Å². The van der Waals surface area contributed by atoms with Crippen molar-refractivity contribution in [2.45, 2.75) is 19.4 Å². The molecule has 0 radical (unpaired) electrons. The molecule has 1 amide bonds. The SMILES string of the molecule is O=C(Nc1cccc([N+](=O)[O-])c1)[C@@H]1CCCN(Cc2c(Cl)cccc2Cl)C1. The van der Waals surface area contributed by atoms with Crippen molar-refractivity contribution >= 4 is 40.5 Å². The van der Waals surface area contributed by atoms with Gasteiger partial charge in [-0.3, -0.25) is 19.8 Å². The number of piperidine rings is 1. The van der Waals surface area contributed by atoms with Crippen LogP contribution in [-0.4, -0.2) is 28.8 Å². The number of halogens is 2. The summed E-state index contributed by atoms with van der Waals surface area (Å²) in [4.78, 5) is 25.2. The number of amides is 1. The quantitative estimate of drug-likeness (QED) is 0.572. The second kappa shape index (κ2) is 8.69. The van der Waals surface area contributed by atoms with E-state index in [1.165, 1.54) is 12.1 Å². The van der Waals surface area contributed by atoms with Crippen LogP contribution in [0.2, 0.25) is 10.0 Å². The van der Waals surface area contributed by atoms with Crippen LogP contribution in [0.5, 0.6) is 0 Å². The molecule has 1 heterocycles. The zero-order valence-corrected chi connectivity index (χ0v) is 16.0. The molecule has 0 bridgehead atoms. The molecule has 3 rings (SSSR count). The normalized spacial score (nSPS) is 17.5. The molecule has 6 nitrogen and oxygen atoms in total. The Morgan fingerprint density at radius 1 is 1.22 bits per heavy atom. The number of carbonyl (C=O) groups is 1. The molecular formula is C19H19Cl2N3O3. The minimum Gasteiger partial charge on any atom is -0.326 e. The van der Waals surface area contributed by atoms with E-state index in [0.29, 0.717) is 28.8 Å². The summed E-state index contributed by atoms with van der Waals surface area (Å²) in [5.41, 5.74) is 1.24. The summed E-state index contributed by atoms with van der Waals surface area (Å²) in [7, 11) is 0. The van der Waals surface area contributed by atoms with E-state index >= 15 is 0 Å². The number of nitrogens with one attached hydrogen (secondary N) is 1. The molecule has 0 aliphatic carbocycles. The lowest BCUT2D eigenvalue weighted by atomic mass is 9.96. The second-order valence-corrected chi connectivity index (χ2v) is 7.39. The summed E-state index contributed by atoms with van der Waals surface area (Å²) in [5, 5.41) is 14.9. The number of benzene rings is 2. The lowest BCUT2D eigenvalue weighted by Gasteiger charge is -2.32. The third-order valence-corrected chi connectivity index (χ3v) is 5.35. The molecule has 2 aromatic rings. The molecule has 1 aliphatic rings. The molecule has 0 unspecified atom stereocenters. The molecule has 0 spiro atoms. The maximum atomic E-state index is 12.6. The second-order valence-electron chi connectivity index (χ2n) is 6.57. The van der Waals surface area contributed by atoms with E-state index in [1.54, 1.807) is 30.3 Å². The zero-order chi connectivity index (χ0) is 19.4. The van der Waals surface area contributed by atoms with Gasteiger partial charge in [0.25, 0.3) is 5.69 Å². The van der Waals surface area contributed by atoms with Gasteiger partial charge < -0.3 is 5.32 Å². The van der Waals surface area contributed by atoms with Crippen LogP contribution in [-0.2, 0) is 11.3 Å². The minimum absolute atomic E-state index is 0.0496. The average molecular weight is 408 g/mol. The summed E-state index contributed by atoms with van der Waals surface area (Å²) in [6.07, 6.45) is 1.66. The highest BCUT2D eigenvalue weighted by Crippen LogP contribution is 2.28. The van der Waals surface area contributed by atoms with Crippen molar-refractivity contribution in [3.63, 3.8) is 0 Å². The predicted molar refractivity (Wildman–Crippen MR) is 106 cm³/mol. The van der Waals surface area contributed by atoms with Gasteiger partial charge in [-0.2, -0.15) is 0 Å². The molecule has 1 saturated heterocycles. The number of nitrogens with zero attached hydrogens (tertiary/aromatic N) is 2. The van der Waals surface area contributed by atoms with Crippen molar-refractivity contribution in [3.8, 4) is 0 Å². The molecule has 8 heteroatoms. The Bertz CT molecular complexity index is 840. The van der Waals surface area contributed by atoms with E-state index in [2.05, 4.69) is 10.2 Å². The molecule has 1 N–H and O–H groups in total. The summed E-state index contributed by atoms with van der Waals surface area (Å²) in [5.74, 6) is -0.329. The molecule has 0 saturated carbocycles. The Hall–Kier alpha value is -2.15. The summed E-state index contributed by atoms with van der Waals surface area (Å²) >= 11 is 12.5. The molecule has 2 aromatic carbocycles. The van der Waals surface area contributed by atoms with Gasteiger partial charge in [-0.05, 0) is 37.6 Å². The maximum absolute atomic E-state index is 12.6. The third kappa shape index (κ3) is 4.97. The van der Waals surface area contributed by atoms with E-state index in [0.717, 1.165) is 24.9 Å². The van der Waals surface area contributed by atoms with Crippen LogP contribution in [0.1, 0.15) is 18.4 Å². The molecular weight excluding hydrogens is 389 g/mol. The van der Waals surface area contributed by atoms with Crippen molar-refractivity contribution in [1.29, 1.82) is 0 Å². The van der Waals surface area contributed by atoms with Crippen LogP contribution < -0.4 is 5.32 Å². The number of likely N-dealkylation sites (tertiary alicyclic amines) is 1. The fourth-order valence-electron chi connectivity index (χ4n) is 3.26. The first kappa shape index (κ1) is 19.6. The third-order valence-electron chi connectivity index (χ3n) is 4.64. The number of hydrogen-bond acceptors (Lipinski definition) is 4.